The highest BCUT2D eigenvalue weighted by Gasteiger charge is 2.31. The summed E-state index contributed by atoms with van der Waals surface area (Å²) in [6.07, 6.45) is -3.81. The summed E-state index contributed by atoms with van der Waals surface area (Å²) in [4.78, 5) is 17.3. The molecule has 3 rings (SSSR count). The van der Waals surface area contributed by atoms with Crippen molar-refractivity contribution in [2.75, 3.05) is 11.9 Å². The number of anilines is 1. The highest BCUT2D eigenvalue weighted by Crippen LogP contribution is 2.30. The van der Waals surface area contributed by atoms with E-state index in [1.165, 1.54) is 23.5 Å². The number of nitrogens with one attached hydrogen (secondary N) is 1. The number of rotatable bonds is 2. The lowest BCUT2D eigenvalue weighted by Gasteiger charge is -2.08. The van der Waals surface area contributed by atoms with Crippen LogP contribution in [0.5, 0.6) is 0 Å². The number of carbonyl (C=O) groups excluding carboxylic acids is 1. The monoisotopic (exact) mass is 328 g/mol. The molecule has 0 atom stereocenters. The molecule has 1 amide bonds. The number of halogens is 3. The molecule has 1 N–H and O–H groups in total. The summed E-state index contributed by atoms with van der Waals surface area (Å²) in [6.45, 7) is 1.03. The number of ether oxygens (including phenoxy) is 1. The van der Waals surface area contributed by atoms with Crippen LogP contribution in [0.2, 0.25) is 0 Å². The standard InChI is InChI=1S/C14H11F3N2O2S/c15-14(16,17)9-3-1-2-8(6-9)12(20)19-13-18-10-4-5-21-7-11(10)22-13/h1-3,6H,4-5,7H2,(H,18,19,20). The van der Waals surface area contributed by atoms with Gasteiger partial charge in [0.2, 0.25) is 0 Å². The van der Waals surface area contributed by atoms with Crippen molar-refractivity contribution < 1.29 is 22.7 Å². The van der Waals surface area contributed by atoms with Crippen molar-refractivity contribution >= 4 is 22.4 Å². The van der Waals surface area contributed by atoms with Gasteiger partial charge in [-0.2, -0.15) is 13.2 Å². The van der Waals surface area contributed by atoms with E-state index >= 15 is 0 Å². The first kappa shape index (κ1) is 15.0. The van der Waals surface area contributed by atoms with Crippen LogP contribution in [0.15, 0.2) is 24.3 Å². The van der Waals surface area contributed by atoms with Crippen molar-refractivity contribution in [3.8, 4) is 0 Å². The largest absolute Gasteiger partial charge is 0.416 e. The maximum absolute atomic E-state index is 12.7. The summed E-state index contributed by atoms with van der Waals surface area (Å²) in [6, 6.07) is 4.29. The number of aromatic nitrogens is 1. The van der Waals surface area contributed by atoms with Gasteiger partial charge in [0.1, 0.15) is 0 Å². The minimum Gasteiger partial charge on any atom is -0.375 e. The second kappa shape index (κ2) is 5.69. The van der Waals surface area contributed by atoms with Gasteiger partial charge in [0.25, 0.3) is 5.91 Å². The smallest absolute Gasteiger partial charge is 0.375 e. The summed E-state index contributed by atoms with van der Waals surface area (Å²) in [7, 11) is 0. The van der Waals surface area contributed by atoms with E-state index in [0.717, 1.165) is 22.7 Å². The zero-order valence-corrected chi connectivity index (χ0v) is 12.1. The van der Waals surface area contributed by atoms with Gasteiger partial charge in [-0.25, -0.2) is 4.98 Å². The molecule has 0 spiro atoms. The number of hydrogen-bond donors (Lipinski definition) is 1. The Labute approximate surface area is 127 Å². The van der Waals surface area contributed by atoms with Crippen molar-refractivity contribution in [3.63, 3.8) is 0 Å². The molecule has 116 valence electrons. The summed E-state index contributed by atoms with van der Waals surface area (Å²) >= 11 is 1.28. The van der Waals surface area contributed by atoms with Crippen LogP contribution in [0.1, 0.15) is 26.5 Å². The van der Waals surface area contributed by atoms with Crippen molar-refractivity contribution in [2.24, 2.45) is 0 Å². The summed E-state index contributed by atoms with van der Waals surface area (Å²) in [5.41, 5.74) is -0.0400. The van der Waals surface area contributed by atoms with E-state index in [1.807, 2.05) is 0 Å². The summed E-state index contributed by atoms with van der Waals surface area (Å²) in [5.74, 6) is -0.613. The molecule has 2 heterocycles. The van der Waals surface area contributed by atoms with Crippen molar-refractivity contribution in [1.82, 2.24) is 4.98 Å². The quantitative estimate of drug-likeness (QED) is 0.918. The molecule has 8 heteroatoms. The van der Waals surface area contributed by atoms with Gasteiger partial charge in [-0.3, -0.25) is 10.1 Å². The molecule has 0 unspecified atom stereocenters. The third-order valence-electron chi connectivity index (χ3n) is 3.17. The molecule has 1 aliphatic rings. The maximum Gasteiger partial charge on any atom is 0.416 e. The Balaban J connectivity index is 1.78. The van der Waals surface area contributed by atoms with Crippen LogP contribution in [0.4, 0.5) is 18.3 Å². The van der Waals surface area contributed by atoms with Gasteiger partial charge in [0, 0.05) is 12.0 Å². The van der Waals surface area contributed by atoms with Gasteiger partial charge in [0.05, 0.1) is 29.3 Å². The van der Waals surface area contributed by atoms with Gasteiger partial charge in [-0.05, 0) is 18.2 Å². The fourth-order valence-corrected chi connectivity index (χ4v) is 3.03. The van der Waals surface area contributed by atoms with Gasteiger partial charge in [-0.1, -0.05) is 17.4 Å². The molecule has 0 radical (unpaired) electrons. The van der Waals surface area contributed by atoms with Crippen molar-refractivity contribution in [1.29, 1.82) is 0 Å². The van der Waals surface area contributed by atoms with E-state index < -0.39 is 17.6 Å². The number of carbonyl (C=O) groups is 1. The Morgan fingerprint density at radius 2 is 2.18 bits per heavy atom. The zero-order valence-electron chi connectivity index (χ0n) is 11.2. The average Bonchev–Trinajstić information content (AvgIpc) is 2.88. The first-order valence-corrected chi connectivity index (χ1v) is 7.30. The molecule has 22 heavy (non-hydrogen) atoms. The first-order chi connectivity index (χ1) is 10.4. The topological polar surface area (TPSA) is 51.2 Å². The number of hydrogen-bond acceptors (Lipinski definition) is 4. The summed E-state index contributed by atoms with van der Waals surface area (Å²) in [5, 5.41) is 2.91. The van der Waals surface area contributed by atoms with E-state index in [0.29, 0.717) is 24.8 Å². The third-order valence-corrected chi connectivity index (χ3v) is 4.15. The molecule has 1 aromatic heterocycles. The number of nitrogens with zero attached hydrogens (tertiary/aromatic N) is 1. The van der Waals surface area contributed by atoms with Crippen molar-refractivity contribution in [2.45, 2.75) is 19.2 Å². The van der Waals surface area contributed by atoms with Gasteiger partial charge < -0.3 is 4.74 Å². The van der Waals surface area contributed by atoms with E-state index in [4.69, 9.17) is 4.74 Å². The third kappa shape index (κ3) is 3.12. The SMILES string of the molecule is O=C(Nc1nc2c(s1)COCC2)c1cccc(C(F)(F)F)c1. The van der Waals surface area contributed by atoms with E-state index in [9.17, 15) is 18.0 Å². The molecular formula is C14H11F3N2O2S. The molecule has 0 saturated carbocycles. The fourth-order valence-electron chi connectivity index (χ4n) is 2.08. The lowest BCUT2D eigenvalue weighted by Crippen LogP contribution is -2.14. The van der Waals surface area contributed by atoms with Crippen LogP contribution >= 0.6 is 11.3 Å². The fraction of sp³-hybridized carbons (Fsp3) is 0.286. The normalized spacial score (nSPS) is 14.5. The number of amides is 1. The molecule has 0 bridgehead atoms. The minimum absolute atomic E-state index is 0.0563. The van der Waals surface area contributed by atoms with Gasteiger partial charge in [0.15, 0.2) is 5.13 Å². The van der Waals surface area contributed by atoms with E-state index in [-0.39, 0.29) is 5.56 Å². The zero-order chi connectivity index (χ0) is 15.7. The summed E-state index contributed by atoms with van der Waals surface area (Å²) < 4.78 is 43.3. The van der Waals surface area contributed by atoms with E-state index in [2.05, 4.69) is 10.3 Å². The van der Waals surface area contributed by atoms with Crippen LogP contribution < -0.4 is 5.32 Å². The van der Waals surface area contributed by atoms with Crippen LogP contribution in [0.25, 0.3) is 0 Å². The number of alkyl halides is 3. The molecular weight excluding hydrogens is 317 g/mol. The second-order valence-electron chi connectivity index (χ2n) is 4.72. The molecule has 1 aliphatic heterocycles. The van der Waals surface area contributed by atoms with Crippen LogP contribution in [0, 0.1) is 0 Å². The van der Waals surface area contributed by atoms with Crippen molar-refractivity contribution in [3.05, 3.63) is 46.0 Å². The Bertz CT molecular complexity index is 689. The lowest BCUT2D eigenvalue weighted by atomic mass is 10.1. The number of benzene rings is 1. The van der Waals surface area contributed by atoms with Crippen LogP contribution in [-0.4, -0.2) is 17.5 Å². The maximum atomic E-state index is 12.7. The van der Waals surface area contributed by atoms with E-state index in [1.54, 1.807) is 0 Å². The van der Waals surface area contributed by atoms with Gasteiger partial charge in [-0.15, -0.1) is 0 Å². The molecule has 0 saturated heterocycles. The highest BCUT2D eigenvalue weighted by molar-refractivity contribution is 7.15. The van der Waals surface area contributed by atoms with Crippen LogP contribution in [-0.2, 0) is 23.9 Å². The molecule has 4 nitrogen and oxygen atoms in total. The number of fused-ring (bicyclic) bond motifs is 1. The lowest BCUT2D eigenvalue weighted by molar-refractivity contribution is -0.137. The Morgan fingerprint density at radius 1 is 1.36 bits per heavy atom. The van der Waals surface area contributed by atoms with Crippen LogP contribution in [0.3, 0.4) is 0 Å². The Kier molecular flexibility index (Phi) is 3.88. The minimum atomic E-state index is -4.48. The number of thiazole rings is 1. The highest BCUT2D eigenvalue weighted by atomic mass is 32.1. The molecule has 2 aromatic rings. The predicted octanol–water partition coefficient (Wildman–Crippen LogP) is 3.49. The molecule has 0 aliphatic carbocycles. The average molecular weight is 328 g/mol. The second-order valence-corrected chi connectivity index (χ2v) is 5.81. The Hall–Kier alpha value is -1.93. The molecule has 0 fully saturated rings. The predicted molar refractivity (Wildman–Crippen MR) is 74.9 cm³/mol. The molecule has 1 aromatic carbocycles. The Morgan fingerprint density at radius 3 is 2.91 bits per heavy atom. The first-order valence-electron chi connectivity index (χ1n) is 6.48. The van der Waals surface area contributed by atoms with Gasteiger partial charge >= 0.3 is 6.18 Å².